The minimum atomic E-state index is -4.44. The molecule has 0 unspecified atom stereocenters. The van der Waals surface area contributed by atoms with Crippen molar-refractivity contribution < 1.29 is 13.2 Å². The summed E-state index contributed by atoms with van der Waals surface area (Å²) in [5.41, 5.74) is 1.61. The van der Waals surface area contributed by atoms with E-state index < -0.39 is 11.7 Å². The molecule has 0 aliphatic carbocycles. The van der Waals surface area contributed by atoms with Crippen LogP contribution < -0.4 is 5.56 Å². The number of aromatic nitrogens is 2. The number of halogens is 5. The standard InChI is InChI=1S/C24H17Cl2F3N2OS/c1-13-5-3-6-14(2)22(13)31-20(12-33-17-8-4-7-15(9-17)24(27,28)29)30-21-18(23(31)32)10-16(25)11-19(21)26/h3-11H,12H2,1-2H3. The zero-order chi connectivity index (χ0) is 23.9. The summed E-state index contributed by atoms with van der Waals surface area (Å²) in [6, 6.07) is 13.7. The molecule has 1 aromatic heterocycles. The van der Waals surface area contributed by atoms with Gasteiger partial charge in [-0.25, -0.2) is 4.98 Å². The molecule has 0 aliphatic heterocycles. The average Bonchev–Trinajstić information content (AvgIpc) is 2.74. The van der Waals surface area contributed by atoms with Crippen LogP contribution in [-0.2, 0) is 11.9 Å². The van der Waals surface area contributed by atoms with Crippen LogP contribution >= 0.6 is 35.0 Å². The molecule has 0 N–H and O–H groups in total. The number of alkyl halides is 3. The van der Waals surface area contributed by atoms with E-state index in [1.807, 2.05) is 32.0 Å². The average molecular weight is 509 g/mol. The van der Waals surface area contributed by atoms with E-state index >= 15 is 0 Å². The second-order valence-electron chi connectivity index (χ2n) is 7.51. The number of para-hydroxylation sites is 1. The largest absolute Gasteiger partial charge is 0.416 e. The van der Waals surface area contributed by atoms with Gasteiger partial charge >= 0.3 is 6.18 Å². The monoisotopic (exact) mass is 508 g/mol. The van der Waals surface area contributed by atoms with Crippen LogP contribution in [0.25, 0.3) is 16.6 Å². The summed E-state index contributed by atoms with van der Waals surface area (Å²) in [5.74, 6) is 0.524. The predicted octanol–water partition coefficient (Wildman–Crippen LogP) is 7.62. The van der Waals surface area contributed by atoms with Gasteiger partial charge in [-0.3, -0.25) is 9.36 Å². The first-order valence-corrected chi connectivity index (χ1v) is 11.6. The molecule has 0 saturated carbocycles. The van der Waals surface area contributed by atoms with Crippen molar-refractivity contribution in [2.75, 3.05) is 0 Å². The lowest BCUT2D eigenvalue weighted by Crippen LogP contribution is -2.25. The minimum Gasteiger partial charge on any atom is -0.268 e. The first-order chi connectivity index (χ1) is 15.6. The second kappa shape index (κ2) is 9.05. The van der Waals surface area contributed by atoms with Gasteiger partial charge in [0.05, 0.1) is 32.9 Å². The van der Waals surface area contributed by atoms with E-state index in [0.717, 1.165) is 35.0 Å². The topological polar surface area (TPSA) is 34.9 Å². The third-order valence-electron chi connectivity index (χ3n) is 5.15. The van der Waals surface area contributed by atoms with Crippen molar-refractivity contribution in [3.8, 4) is 5.69 Å². The maximum absolute atomic E-state index is 13.6. The fourth-order valence-corrected chi connectivity index (χ4v) is 5.07. The molecule has 0 fully saturated rings. The van der Waals surface area contributed by atoms with Crippen LogP contribution in [0.1, 0.15) is 22.5 Å². The molecule has 3 aromatic carbocycles. The van der Waals surface area contributed by atoms with E-state index in [-0.39, 0.29) is 21.7 Å². The maximum Gasteiger partial charge on any atom is 0.416 e. The molecule has 3 nitrogen and oxygen atoms in total. The highest BCUT2D eigenvalue weighted by atomic mass is 35.5. The normalized spacial score (nSPS) is 11.8. The molecule has 0 saturated heterocycles. The zero-order valence-corrected chi connectivity index (χ0v) is 19.8. The smallest absolute Gasteiger partial charge is 0.268 e. The van der Waals surface area contributed by atoms with Gasteiger partial charge in [0.25, 0.3) is 5.56 Å². The number of hydrogen-bond donors (Lipinski definition) is 0. The van der Waals surface area contributed by atoms with Crippen LogP contribution in [0, 0.1) is 13.8 Å². The van der Waals surface area contributed by atoms with Crippen LogP contribution in [0.2, 0.25) is 10.0 Å². The quantitative estimate of drug-likeness (QED) is 0.266. The van der Waals surface area contributed by atoms with Crippen molar-refractivity contribution in [3.05, 3.63) is 97.5 Å². The highest BCUT2D eigenvalue weighted by molar-refractivity contribution is 7.98. The Bertz CT molecular complexity index is 1410. The molecule has 33 heavy (non-hydrogen) atoms. The highest BCUT2D eigenvalue weighted by Gasteiger charge is 2.30. The van der Waals surface area contributed by atoms with Crippen molar-refractivity contribution in [1.82, 2.24) is 9.55 Å². The minimum absolute atomic E-state index is 0.152. The summed E-state index contributed by atoms with van der Waals surface area (Å²) < 4.78 is 40.9. The van der Waals surface area contributed by atoms with Gasteiger partial charge in [-0.05, 0) is 55.3 Å². The van der Waals surface area contributed by atoms with E-state index in [1.165, 1.54) is 22.8 Å². The lowest BCUT2D eigenvalue weighted by atomic mass is 10.1. The van der Waals surface area contributed by atoms with E-state index in [9.17, 15) is 18.0 Å². The van der Waals surface area contributed by atoms with Gasteiger partial charge in [-0.15, -0.1) is 11.8 Å². The Morgan fingerprint density at radius 1 is 1.00 bits per heavy atom. The lowest BCUT2D eigenvalue weighted by molar-refractivity contribution is -0.137. The van der Waals surface area contributed by atoms with Gasteiger partial charge in [0.2, 0.25) is 0 Å². The molecular formula is C24H17Cl2F3N2OS. The van der Waals surface area contributed by atoms with Gasteiger partial charge in [0.15, 0.2) is 0 Å². The van der Waals surface area contributed by atoms with Gasteiger partial charge in [0.1, 0.15) is 5.82 Å². The zero-order valence-electron chi connectivity index (χ0n) is 17.5. The van der Waals surface area contributed by atoms with Crippen molar-refractivity contribution in [2.45, 2.75) is 30.7 Å². The van der Waals surface area contributed by atoms with Crippen molar-refractivity contribution in [1.29, 1.82) is 0 Å². The van der Waals surface area contributed by atoms with Gasteiger partial charge < -0.3 is 0 Å². The Balaban J connectivity index is 1.89. The third-order valence-corrected chi connectivity index (χ3v) is 6.65. The summed E-state index contributed by atoms with van der Waals surface area (Å²) >= 11 is 13.6. The van der Waals surface area contributed by atoms with E-state index in [1.54, 1.807) is 6.07 Å². The van der Waals surface area contributed by atoms with Crippen LogP contribution in [0.4, 0.5) is 13.2 Å². The van der Waals surface area contributed by atoms with Gasteiger partial charge in [-0.2, -0.15) is 13.2 Å². The van der Waals surface area contributed by atoms with Crippen molar-refractivity contribution in [2.24, 2.45) is 0 Å². The number of benzene rings is 3. The van der Waals surface area contributed by atoms with Crippen molar-refractivity contribution >= 4 is 45.9 Å². The summed E-state index contributed by atoms with van der Waals surface area (Å²) in [4.78, 5) is 18.7. The fraction of sp³-hybridized carbons (Fsp3) is 0.167. The molecule has 170 valence electrons. The molecule has 0 spiro atoms. The molecule has 4 rings (SSSR count). The molecule has 9 heteroatoms. The van der Waals surface area contributed by atoms with Crippen LogP contribution in [-0.4, -0.2) is 9.55 Å². The van der Waals surface area contributed by atoms with Gasteiger partial charge in [-0.1, -0.05) is 47.5 Å². The van der Waals surface area contributed by atoms with E-state index in [2.05, 4.69) is 4.98 Å². The number of hydrogen-bond acceptors (Lipinski definition) is 3. The molecule has 0 radical (unpaired) electrons. The Morgan fingerprint density at radius 2 is 1.67 bits per heavy atom. The van der Waals surface area contributed by atoms with Crippen molar-refractivity contribution in [3.63, 3.8) is 0 Å². The van der Waals surface area contributed by atoms with Gasteiger partial charge in [0, 0.05) is 9.92 Å². The van der Waals surface area contributed by atoms with Crippen LogP contribution in [0.5, 0.6) is 0 Å². The van der Waals surface area contributed by atoms with E-state index in [4.69, 9.17) is 23.2 Å². The Labute approximate surface area is 202 Å². The highest BCUT2D eigenvalue weighted by Crippen LogP contribution is 2.33. The molecular weight excluding hydrogens is 492 g/mol. The molecule has 0 amide bonds. The third kappa shape index (κ3) is 4.76. The first kappa shape index (κ1) is 23.7. The summed E-state index contributed by atoms with van der Waals surface area (Å²) in [5, 5.41) is 0.807. The summed E-state index contributed by atoms with van der Waals surface area (Å²) in [6.45, 7) is 3.77. The number of aryl methyl sites for hydroxylation is 2. The first-order valence-electron chi connectivity index (χ1n) is 9.83. The Hall–Kier alpha value is -2.48. The maximum atomic E-state index is 13.6. The lowest BCUT2D eigenvalue weighted by Gasteiger charge is -2.18. The molecule has 0 atom stereocenters. The predicted molar refractivity (Wildman–Crippen MR) is 128 cm³/mol. The van der Waals surface area contributed by atoms with E-state index in [0.29, 0.717) is 26.9 Å². The van der Waals surface area contributed by atoms with Crippen LogP contribution in [0.15, 0.2) is 64.3 Å². The molecule has 0 aliphatic rings. The van der Waals surface area contributed by atoms with Crippen LogP contribution in [0.3, 0.4) is 0 Å². The number of nitrogens with zero attached hydrogens (tertiary/aromatic N) is 2. The Morgan fingerprint density at radius 3 is 2.33 bits per heavy atom. The summed E-state index contributed by atoms with van der Waals surface area (Å²) in [7, 11) is 0. The Kier molecular flexibility index (Phi) is 6.49. The second-order valence-corrected chi connectivity index (χ2v) is 9.40. The summed E-state index contributed by atoms with van der Waals surface area (Å²) in [6.07, 6.45) is -4.44. The fourth-order valence-electron chi connectivity index (χ4n) is 3.66. The SMILES string of the molecule is Cc1cccc(C)c1-n1c(CSc2cccc(C(F)(F)F)c2)nc2c(Cl)cc(Cl)cc2c1=O. The molecule has 1 heterocycles. The number of rotatable bonds is 4. The number of fused-ring (bicyclic) bond motifs is 1. The number of thioether (sulfide) groups is 1. The molecule has 0 bridgehead atoms. The molecule has 4 aromatic rings.